The highest BCUT2D eigenvalue weighted by Gasteiger charge is 2.14. The Morgan fingerprint density at radius 3 is 2.73 bits per heavy atom. The molecule has 0 fully saturated rings. The summed E-state index contributed by atoms with van der Waals surface area (Å²) in [6.45, 7) is 2.06. The number of anilines is 3. The van der Waals surface area contributed by atoms with E-state index in [1.165, 1.54) is 17.7 Å². The van der Waals surface area contributed by atoms with Gasteiger partial charge in [-0.3, -0.25) is 5.32 Å². The number of fused-ring (bicyclic) bond motifs is 1. The zero-order valence-corrected chi connectivity index (χ0v) is 21.8. The average Bonchev–Trinajstić information content (AvgIpc) is 3.33. The number of pyridine rings is 1. The van der Waals surface area contributed by atoms with E-state index in [4.69, 9.17) is 9.47 Å². The molecule has 37 heavy (non-hydrogen) atoms. The molecule has 4 aromatic rings. The van der Waals surface area contributed by atoms with Crippen molar-refractivity contribution in [3.8, 4) is 11.6 Å². The Labute approximate surface area is 219 Å². The highest BCUT2D eigenvalue weighted by atomic mass is 32.1. The van der Waals surface area contributed by atoms with Crippen LogP contribution in [-0.2, 0) is 6.42 Å². The highest BCUT2D eigenvalue weighted by molar-refractivity contribution is 7.15. The van der Waals surface area contributed by atoms with Gasteiger partial charge < -0.3 is 25.0 Å². The lowest BCUT2D eigenvalue weighted by Gasteiger charge is -2.13. The zero-order valence-electron chi connectivity index (χ0n) is 21.0. The van der Waals surface area contributed by atoms with Gasteiger partial charge in [-0.25, -0.2) is 19.7 Å². The van der Waals surface area contributed by atoms with Crippen molar-refractivity contribution >= 4 is 45.0 Å². The van der Waals surface area contributed by atoms with Gasteiger partial charge in [0.15, 0.2) is 16.5 Å². The number of methoxy groups -OCH3 is 1. The summed E-state index contributed by atoms with van der Waals surface area (Å²) < 4.78 is 11.3. The van der Waals surface area contributed by atoms with Crippen LogP contribution >= 0.6 is 11.3 Å². The van der Waals surface area contributed by atoms with E-state index in [1.54, 1.807) is 13.3 Å². The molecule has 0 atom stereocenters. The molecule has 0 unspecified atom stereocenters. The van der Waals surface area contributed by atoms with Crippen LogP contribution in [0, 0.1) is 0 Å². The van der Waals surface area contributed by atoms with E-state index in [1.807, 2.05) is 50.5 Å². The van der Waals surface area contributed by atoms with Crippen molar-refractivity contribution in [3.63, 3.8) is 0 Å². The van der Waals surface area contributed by atoms with E-state index in [9.17, 15) is 4.79 Å². The second kappa shape index (κ2) is 12.8. The van der Waals surface area contributed by atoms with E-state index in [0.717, 1.165) is 23.2 Å². The lowest BCUT2D eigenvalue weighted by molar-refractivity contribution is 0.260. The fourth-order valence-corrected chi connectivity index (χ4v) is 4.27. The number of amides is 2. The third-order valence-electron chi connectivity index (χ3n) is 5.23. The molecule has 2 amide bonds. The Kier molecular flexibility index (Phi) is 9.00. The fourth-order valence-electron chi connectivity index (χ4n) is 3.46. The highest BCUT2D eigenvalue weighted by Crippen LogP contribution is 2.31. The third-order valence-corrected chi connectivity index (χ3v) is 6.21. The van der Waals surface area contributed by atoms with Gasteiger partial charge in [-0.1, -0.05) is 18.2 Å². The molecule has 3 aromatic heterocycles. The molecule has 0 aliphatic rings. The second-order valence-corrected chi connectivity index (χ2v) is 9.46. The standard InChI is InChI=1S/C25H30N8O3S/c1-33(2)12-7-13-36-23-20(35-3)14-19-21(28-16-29-22(19)31-23)26-11-10-18-15-27-25(37-18)32-24(34)30-17-8-5-4-6-9-17/h4-6,8-9,14-16H,7,10-13H2,1-3H3,(H,26,28,29,31)(H2,27,30,32,34). The van der Waals surface area contributed by atoms with Gasteiger partial charge in [0.25, 0.3) is 5.88 Å². The molecule has 0 aliphatic heterocycles. The normalized spacial score (nSPS) is 10.9. The van der Waals surface area contributed by atoms with Crippen molar-refractivity contribution in [2.75, 3.05) is 56.9 Å². The molecular formula is C25H30N8O3S. The number of benzene rings is 1. The fraction of sp³-hybridized carbons (Fsp3) is 0.320. The molecule has 1 aromatic carbocycles. The molecule has 0 bridgehead atoms. The van der Waals surface area contributed by atoms with Crippen molar-refractivity contribution in [3.05, 3.63) is 53.8 Å². The maximum absolute atomic E-state index is 12.2. The van der Waals surface area contributed by atoms with Crippen LogP contribution in [0.25, 0.3) is 11.0 Å². The van der Waals surface area contributed by atoms with Gasteiger partial charge in [0, 0.05) is 42.3 Å². The Morgan fingerprint density at radius 2 is 1.95 bits per heavy atom. The first-order chi connectivity index (χ1) is 18.0. The number of nitrogens with zero attached hydrogens (tertiary/aromatic N) is 5. The van der Waals surface area contributed by atoms with Crippen LogP contribution in [0.1, 0.15) is 11.3 Å². The molecule has 194 valence electrons. The number of hydrogen-bond acceptors (Lipinski definition) is 10. The van der Waals surface area contributed by atoms with Gasteiger partial charge in [-0.15, -0.1) is 11.3 Å². The number of thiazole rings is 1. The van der Waals surface area contributed by atoms with Gasteiger partial charge in [-0.2, -0.15) is 4.98 Å². The summed E-state index contributed by atoms with van der Waals surface area (Å²) in [7, 11) is 5.63. The summed E-state index contributed by atoms with van der Waals surface area (Å²) in [5.41, 5.74) is 1.24. The van der Waals surface area contributed by atoms with E-state index >= 15 is 0 Å². The van der Waals surface area contributed by atoms with E-state index in [0.29, 0.717) is 53.5 Å². The van der Waals surface area contributed by atoms with Gasteiger partial charge >= 0.3 is 6.03 Å². The first-order valence-corrected chi connectivity index (χ1v) is 12.6. The van der Waals surface area contributed by atoms with Crippen LogP contribution in [0.4, 0.5) is 21.4 Å². The summed E-state index contributed by atoms with van der Waals surface area (Å²) in [5.74, 6) is 1.60. The average molecular weight is 523 g/mol. The first kappa shape index (κ1) is 26.0. The SMILES string of the molecule is COc1cc2c(NCCc3cnc(NC(=O)Nc4ccccc4)s3)ncnc2nc1OCCCN(C)C. The minimum atomic E-state index is -0.333. The summed E-state index contributed by atoms with van der Waals surface area (Å²) in [6, 6.07) is 10.8. The lowest BCUT2D eigenvalue weighted by Crippen LogP contribution is -2.19. The molecule has 0 saturated carbocycles. The number of rotatable bonds is 12. The Hall–Kier alpha value is -4.03. The number of hydrogen-bond donors (Lipinski definition) is 3. The third kappa shape index (κ3) is 7.48. The predicted molar refractivity (Wildman–Crippen MR) is 146 cm³/mol. The zero-order chi connectivity index (χ0) is 26.0. The largest absolute Gasteiger partial charge is 0.491 e. The van der Waals surface area contributed by atoms with Crippen LogP contribution in [0.15, 0.2) is 48.9 Å². The number of aromatic nitrogens is 4. The quantitative estimate of drug-likeness (QED) is 0.236. The molecule has 3 heterocycles. The van der Waals surface area contributed by atoms with Crippen LogP contribution in [0.2, 0.25) is 0 Å². The van der Waals surface area contributed by atoms with Gasteiger partial charge in [0.05, 0.1) is 19.1 Å². The molecule has 11 nitrogen and oxygen atoms in total. The van der Waals surface area contributed by atoms with E-state index in [2.05, 4.69) is 40.8 Å². The smallest absolute Gasteiger partial charge is 0.325 e. The summed E-state index contributed by atoms with van der Waals surface area (Å²) >= 11 is 1.42. The first-order valence-electron chi connectivity index (χ1n) is 11.8. The molecule has 3 N–H and O–H groups in total. The van der Waals surface area contributed by atoms with Crippen molar-refractivity contribution < 1.29 is 14.3 Å². The van der Waals surface area contributed by atoms with Crippen LogP contribution < -0.4 is 25.4 Å². The minimum Gasteiger partial charge on any atom is -0.491 e. The summed E-state index contributed by atoms with van der Waals surface area (Å²) in [4.78, 5) is 32.8. The molecule has 0 saturated heterocycles. The number of nitrogens with one attached hydrogen (secondary N) is 3. The van der Waals surface area contributed by atoms with Crippen LogP contribution in [-0.4, -0.2) is 71.8 Å². The number of urea groups is 1. The predicted octanol–water partition coefficient (Wildman–Crippen LogP) is 4.12. The Bertz CT molecular complexity index is 1320. The molecule has 0 aliphatic carbocycles. The van der Waals surface area contributed by atoms with E-state index < -0.39 is 0 Å². The van der Waals surface area contributed by atoms with Gasteiger partial charge in [-0.05, 0) is 32.6 Å². The number of para-hydroxylation sites is 1. The molecule has 4 rings (SSSR count). The number of carbonyl (C=O) groups is 1. The topological polar surface area (TPSA) is 126 Å². The molecular weight excluding hydrogens is 492 g/mol. The molecule has 12 heteroatoms. The Morgan fingerprint density at radius 1 is 1.11 bits per heavy atom. The second-order valence-electron chi connectivity index (χ2n) is 8.35. The monoisotopic (exact) mass is 522 g/mol. The summed E-state index contributed by atoms with van der Waals surface area (Å²) in [5, 5.41) is 10.2. The summed E-state index contributed by atoms with van der Waals surface area (Å²) in [6.07, 6.45) is 4.80. The molecule has 0 spiro atoms. The molecule has 0 radical (unpaired) electrons. The van der Waals surface area contributed by atoms with Crippen molar-refractivity contribution in [1.82, 2.24) is 24.8 Å². The van der Waals surface area contributed by atoms with Crippen molar-refractivity contribution in [2.24, 2.45) is 0 Å². The van der Waals surface area contributed by atoms with Crippen molar-refractivity contribution in [1.29, 1.82) is 0 Å². The van der Waals surface area contributed by atoms with Crippen molar-refractivity contribution in [2.45, 2.75) is 12.8 Å². The van der Waals surface area contributed by atoms with Crippen LogP contribution in [0.5, 0.6) is 11.6 Å². The number of ether oxygens (including phenoxy) is 2. The lowest BCUT2D eigenvalue weighted by atomic mass is 10.3. The maximum atomic E-state index is 12.2. The Balaban J connectivity index is 1.33. The maximum Gasteiger partial charge on any atom is 0.325 e. The van der Waals surface area contributed by atoms with Gasteiger partial charge in [0.1, 0.15) is 12.1 Å². The number of carbonyl (C=O) groups excluding carboxylic acids is 1. The van der Waals surface area contributed by atoms with Crippen LogP contribution in [0.3, 0.4) is 0 Å². The minimum absolute atomic E-state index is 0.333. The van der Waals surface area contributed by atoms with Gasteiger partial charge in [0.2, 0.25) is 0 Å². The van der Waals surface area contributed by atoms with E-state index in [-0.39, 0.29) is 6.03 Å².